The van der Waals surface area contributed by atoms with E-state index in [-0.39, 0.29) is 5.56 Å². The van der Waals surface area contributed by atoms with Crippen LogP contribution in [0.25, 0.3) is 0 Å². The first-order valence-electron chi connectivity index (χ1n) is 4.65. The summed E-state index contributed by atoms with van der Waals surface area (Å²) in [5, 5.41) is 15.7. The van der Waals surface area contributed by atoms with Gasteiger partial charge in [-0.25, -0.2) is 4.39 Å². The molecule has 0 bridgehead atoms. The van der Waals surface area contributed by atoms with Crippen LogP contribution < -0.4 is 5.32 Å². The molecule has 5 heteroatoms. The van der Waals surface area contributed by atoms with Crippen LogP contribution in [-0.4, -0.2) is 9.78 Å². The molecule has 1 aromatic heterocycles. The van der Waals surface area contributed by atoms with Gasteiger partial charge < -0.3 is 5.32 Å². The maximum Gasteiger partial charge on any atom is 0.143 e. The first-order chi connectivity index (χ1) is 7.70. The number of hydrogen-bond donors (Lipinski definition) is 1. The Bertz CT molecular complexity index is 553. The molecule has 1 N–H and O–H groups in total. The Morgan fingerprint density at radius 3 is 2.94 bits per heavy atom. The highest BCUT2D eigenvalue weighted by Gasteiger charge is 2.08. The summed E-state index contributed by atoms with van der Waals surface area (Å²) in [4.78, 5) is 0. The number of nitrogens with one attached hydrogen (secondary N) is 1. The Labute approximate surface area is 91.9 Å². The average Bonchev–Trinajstić information content (AvgIpc) is 2.64. The topological polar surface area (TPSA) is 53.6 Å². The Morgan fingerprint density at radius 2 is 2.31 bits per heavy atom. The van der Waals surface area contributed by atoms with Crippen molar-refractivity contribution in [2.75, 3.05) is 5.32 Å². The summed E-state index contributed by atoms with van der Waals surface area (Å²) < 4.78 is 14.9. The van der Waals surface area contributed by atoms with Crippen molar-refractivity contribution in [3.05, 3.63) is 42.0 Å². The minimum atomic E-state index is -0.531. The first-order valence-corrected chi connectivity index (χ1v) is 4.65. The van der Waals surface area contributed by atoms with Crippen molar-refractivity contribution in [2.45, 2.75) is 0 Å². The van der Waals surface area contributed by atoms with Gasteiger partial charge in [-0.3, -0.25) is 4.68 Å². The van der Waals surface area contributed by atoms with Gasteiger partial charge in [0.2, 0.25) is 0 Å². The van der Waals surface area contributed by atoms with Crippen molar-refractivity contribution < 1.29 is 4.39 Å². The molecule has 0 atom stereocenters. The number of halogens is 1. The van der Waals surface area contributed by atoms with Crippen LogP contribution in [0.2, 0.25) is 0 Å². The van der Waals surface area contributed by atoms with Crippen LogP contribution >= 0.6 is 0 Å². The Morgan fingerprint density at radius 1 is 1.50 bits per heavy atom. The van der Waals surface area contributed by atoms with E-state index in [1.165, 1.54) is 6.07 Å². The molecule has 1 aromatic carbocycles. The third-order valence-electron chi connectivity index (χ3n) is 2.11. The minimum Gasteiger partial charge on any atom is -0.352 e. The van der Waals surface area contributed by atoms with Gasteiger partial charge in [0, 0.05) is 13.2 Å². The molecule has 0 saturated carbocycles. The quantitative estimate of drug-likeness (QED) is 0.837. The summed E-state index contributed by atoms with van der Waals surface area (Å²) >= 11 is 0. The summed E-state index contributed by atoms with van der Waals surface area (Å²) in [7, 11) is 1.78. The number of anilines is 2. The van der Waals surface area contributed by atoms with Gasteiger partial charge in [-0.15, -0.1) is 0 Å². The van der Waals surface area contributed by atoms with E-state index in [1.54, 1.807) is 36.3 Å². The molecule has 0 unspecified atom stereocenters. The normalized spacial score (nSPS) is 9.81. The van der Waals surface area contributed by atoms with Crippen LogP contribution in [0.3, 0.4) is 0 Å². The van der Waals surface area contributed by atoms with Gasteiger partial charge in [0.05, 0.1) is 17.6 Å². The van der Waals surface area contributed by atoms with Gasteiger partial charge in [0.1, 0.15) is 17.4 Å². The highest BCUT2D eigenvalue weighted by atomic mass is 19.1. The predicted octanol–water partition coefficient (Wildman–Crippen LogP) is 2.17. The average molecular weight is 216 g/mol. The lowest BCUT2D eigenvalue weighted by Gasteiger charge is -2.05. The summed E-state index contributed by atoms with van der Waals surface area (Å²) in [6.07, 6.45) is 3.35. The molecule has 0 fully saturated rings. The van der Waals surface area contributed by atoms with Gasteiger partial charge in [-0.2, -0.15) is 10.4 Å². The number of aromatic nitrogens is 2. The Kier molecular flexibility index (Phi) is 2.56. The van der Waals surface area contributed by atoms with Crippen molar-refractivity contribution in [3.63, 3.8) is 0 Å². The van der Waals surface area contributed by atoms with Crippen molar-refractivity contribution in [1.82, 2.24) is 9.78 Å². The van der Waals surface area contributed by atoms with Gasteiger partial charge in [-0.05, 0) is 12.1 Å². The summed E-state index contributed by atoms with van der Waals surface area (Å²) in [6, 6.07) is 6.28. The minimum absolute atomic E-state index is 0.00588. The molecule has 0 aliphatic heterocycles. The van der Waals surface area contributed by atoms with E-state index in [2.05, 4.69) is 10.4 Å². The highest BCUT2D eigenvalue weighted by Crippen LogP contribution is 2.21. The SMILES string of the molecule is Cn1cc(Nc2cccc(F)c2C#N)cn1. The van der Waals surface area contributed by atoms with Crippen molar-refractivity contribution in [2.24, 2.45) is 7.05 Å². The number of benzene rings is 1. The zero-order valence-corrected chi connectivity index (χ0v) is 8.61. The molecule has 0 aliphatic rings. The molecular formula is C11H9FN4. The Balaban J connectivity index is 2.35. The fraction of sp³-hybridized carbons (Fsp3) is 0.0909. The van der Waals surface area contributed by atoms with Gasteiger partial charge in [0.15, 0.2) is 0 Å². The van der Waals surface area contributed by atoms with Gasteiger partial charge in [-0.1, -0.05) is 6.07 Å². The molecule has 80 valence electrons. The molecule has 2 rings (SSSR count). The molecular weight excluding hydrogens is 207 g/mol. The van der Waals surface area contributed by atoms with Crippen LogP contribution in [0.1, 0.15) is 5.56 Å². The zero-order valence-electron chi connectivity index (χ0n) is 8.61. The number of nitriles is 1. The number of nitrogens with zero attached hydrogens (tertiary/aromatic N) is 3. The van der Waals surface area contributed by atoms with Crippen LogP contribution in [-0.2, 0) is 7.05 Å². The lowest BCUT2D eigenvalue weighted by molar-refractivity contribution is 0.624. The van der Waals surface area contributed by atoms with Crippen LogP contribution in [0.5, 0.6) is 0 Å². The molecule has 1 heterocycles. The summed E-state index contributed by atoms with van der Waals surface area (Å²) in [5.41, 5.74) is 1.16. The van der Waals surface area contributed by atoms with E-state index < -0.39 is 5.82 Å². The van der Waals surface area contributed by atoms with Crippen LogP contribution in [0, 0.1) is 17.1 Å². The van der Waals surface area contributed by atoms with Crippen LogP contribution in [0.15, 0.2) is 30.6 Å². The summed E-state index contributed by atoms with van der Waals surface area (Å²) in [5.74, 6) is -0.531. The van der Waals surface area contributed by atoms with Crippen LogP contribution in [0.4, 0.5) is 15.8 Å². The number of aryl methyl sites for hydroxylation is 1. The van der Waals surface area contributed by atoms with Crippen molar-refractivity contribution >= 4 is 11.4 Å². The Hall–Kier alpha value is -2.35. The van der Waals surface area contributed by atoms with E-state index in [0.717, 1.165) is 0 Å². The van der Waals surface area contributed by atoms with E-state index in [0.29, 0.717) is 11.4 Å². The monoisotopic (exact) mass is 216 g/mol. The molecule has 0 spiro atoms. The molecule has 0 saturated heterocycles. The third-order valence-corrected chi connectivity index (χ3v) is 2.11. The molecule has 4 nitrogen and oxygen atoms in total. The molecule has 2 aromatic rings. The number of rotatable bonds is 2. The second kappa shape index (κ2) is 4.03. The lowest BCUT2D eigenvalue weighted by Crippen LogP contribution is -1.95. The van der Waals surface area contributed by atoms with E-state index in [1.807, 2.05) is 6.07 Å². The predicted molar refractivity (Wildman–Crippen MR) is 57.6 cm³/mol. The maximum atomic E-state index is 13.3. The van der Waals surface area contributed by atoms with E-state index in [4.69, 9.17) is 5.26 Å². The standard InChI is InChI=1S/C11H9FN4/c1-16-7-8(6-14-16)15-11-4-2-3-10(12)9(11)5-13/h2-4,6-7,15H,1H3. The smallest absolute Gasteiger partial charge is 0.143 e. The molecule has 0 amide bonds. The summed E-state index contributed by atoms with van der Waals surface area (Å²) in [6.45, 7) is 0. The second-order valence-corrected chi connectivity index (χ2v) is 3.30. The maximum absolute atomic E-state index is 13.3. The van der Waals surface area contributed by atoms with E-state index in [9.17, 15) is 4.39 Å². The molecule has 16 heavy (non-hydrogen) atoms. The molecule has 0 radical (unpaired) electrons. The van der Waals surface area contributed by atoms with Gasteiger partial charge in [0.25, 0.3) is 0 Å². The van der Waals surface area contributed by atoms with Gasteiger partial charge >= 0.3 is 0 Å². The zero-order chi connectivity index (χ0) is 11.5. The first kappa shape index (κ1) is 10.2. The highest BCUT2D eigenvalue weighted by molar-refractivity contribution is 5.65. The fourth-order valence-electron chi connectivity index (χ4n) is 1.38. The lowest BCUT2D eigenvalue weighted by atomic mass is 10.2. The van der Waals surface area contributed by atoms with E-state index >= 15 is 0 Å². The van der Waals surface area contributed by atoms with Crippen molar-refractivity contribution in [3.8, 4) is 6.07 Å². The number of hydrogen-bond acceptors (Lipinski definition) is 3. The largest absolute Gasteiger partial charge is 0.352 e. The third kappa shape index (κ3) is 1.86. The second-order valence-electron chi connectivity index (χ2n) is 3.30. The van der Waals surface area contributed by atoms with Crippen molar-refractivity contribution in [1.29, 1.82) is 5.26 Å². The fourth-order valence-corrected chi connectivity index (χ4v) is 1.38. The molecule has 0 aliphatic carbocycles.